The van der Waals surface area contributed by atoms with Crippen molar-refractivity contribution >= 4 is 34.0 Å². The lowest BCUT2D eigenvalue weighted by atomic mass is 10.1. The maximum Gasteiger partial charge on any atom is 0.257 e. The molecule has 0 spiro atoms. The van der Waals surface area contributed by atoms with Gasteiger partial charge < -0.3 is 0 Å². The van der Waals surface area contributed by atoms with E-state index in [0.29, 0.717) is 16.6 Å². The van der Waals surface area contributed by atoms with Crippen LogP contribution in [0.15, 0.2) is 30.5 Å². The molecule has 0 aliphatic rings. The first-order valence-electron chi connectivity index (χ1n) is 5.08. The van der Waals surface area contributed by atoms with Gasteiger partial charge in [0.25, 0.3) is 5.91 Å². The second-order valence-corrected chi connectivity index (χ2v) is 5.06. The van der Waals surface area contributed by atoms with Gasteiger partial charge in [-0.3, -0.25) is 10.1 Å². The summed E-state index contributed by atoms with van der Waals surface area (Å²) in [6.45, 7) is 1.95. The molecule has 1 heterocycles. The zero-order valence-corrected chi connectivity index (χ0v) is 10.8. The Balaban J connectivity index is 2.09. The topological polar surface area (TPSA) is 42.0 Å². The Labute approximate surface area is 108 Å². The summed E-state index contributed by atoms with van der Waals surface area (Å²) in [5.41, 5.74) is 1.60. The third-order valence-corrected chi connectivity index (χ3v) is 3.35. The van der Waals surface area contributed by atoms with Crippen LogP contribution < -0.4 is 5.32 Å². The minimum Gasteiger partial charge on any atom is -0.298 e. The number of amides is 1. The van der Waals surface area contributed by atoms with Gasteiger partial charge >= 0.3 is 0 Å². The van der Waals surface area contributed by atoms with Crippen molar-refractivity contribution in [1.29, 1.82) is 0 Å². The first kappa shape index (κ1) is 12.1. The van der Waals surface area contributed by atoms with Gasteiger partial charge in [-0.15, -0.1) is 22.9 Å². The van der Waals surface area contributed by atoms with E-state index in [9.17, 15) is 4.79 Å². The lowest BCUT2D eigenvalue weighted by molar-refractivity contribution is 0.102. The third-order valence-electron chi connectivity index (χ3n) is 2.21. The van der Waals surface area contributed by atoms with Gasteiger partial charge in [0.1, 0.15) is 0 Å². The molecule has 0 aliphatic heterocycles. The van der Waals surface area contributed by atoms with Gasteiger partial charge in [0.15, 0.2) is 5.13 Å². The number of alkyl halides is 1. The molecule has 0 aliphatic carbocycles. The second kappa shape index (κ2) is 5.29. The number of hydrogen-bond donors (Lipinski definition) is 1. The highest BCUT2D eigenvalue weighted by Gasteiger charge is 2.07. The zero-order chi connectivity index (χ0) is 12.3. The van der Waals surface area contributed by atoms with E-state index >= 15 is 0 Å². The number of aryl methyl sites for hydroxylation is 1. The van der Waals surface area contributed by atoms with Gasteiger partial charge in [-0.05, 0) is 24.6 Å². The number of aromatic nitrogens is 1. The minimum atomic E-state index is -0.152. The maximum atomic E-state index is 11.8. The highest BCUT2D eigenvalue weighted by molar-refractivity contribution is 7.15. The van der Waals surface area contributed by atoms with E-state index in [2.05, 4.69) is 10.3 Å². The average Bonchev–Trinajstić information content (AvgIpc) is 2.75. The Morgan fingerprint density at radius 2 is 2.12 bits per heavy atom. The van der Waals surface area contributed by atoms with Crippen LogP contribution in [0.2, 0.25) is 0 Å². The molecule has 3 nitrogen and oxygen atoms in total. The van der Waals surface area contributed by atoms with Crippen molar-refractivity contribution in [3.63, 3.8) is 0 Å². The van der Waals surface area contributed by atoms with Crippen LogP contribution in [0.4, 0.5) is 5.13 Å². The quantitative estimate of drug-likeness (QED) is 0.865. The molecule has 1 aromatic heterocycles. The molecule has 2 aromatic rings. The molecule has 0 fully saturated rings. The molecule has 1 aromatic carbocycles. The van der Waals surface area contributed by atoms with Crippen LogP contribution in [0, 0.1) is 6.92 Å². The molecule has 2 rings (SSSR count). The van der Waals surface area contributed by atoms with E-state index in [4.69, 9.17) is 11.6 Å². The van der Waals surface area contributed by atoms with Crippen molar-refractivity contribution in [3.8, 4) is 0 Å². The molecule has 0 atom stereocenters. The van der Waals surface area contributed by atoms with E-state index in [1.54, 1.807) is 18.3 Å². The molecule has 5 heteroatoms. The molecule has 0 unspecified atom stereocenters. The van der Waals surface area contributed by atoms with Gasteiger partial charge in [0.2, 0.25) is 0 Å². The minimum absolute atomic E-state index is 0.152. The van der Waals surface area contributed by atoms with Crippen molar-refractivity contribution in [3.05, 3.63) is 46.5 Å². The van der Waals surface area contributed by atoms with E-state index in [1.807, 2.05) is 19.1 Å². The lowest BCUT2D eigenvalue weighted by Crippen LogP contribution is -2.11. The smallest absolute Gasteiger partial charge is 0.257 e. The Kier molecular flexibility index (Phi) is 3.76. The molecule has 0 saturated carbocycles. The van der Waals surface area contributed by atoms with Gasteiger partial charge in [-0.1, -0.05) is 12.1 Å². The summed E-state index contributed by atoms with van der Waals surface area (Å²) < 4.78 is 0. The van der Waals surface area contributed by atoms with Crippen LogP contribution >= 0.6 is 22.9 Å². The lowest BCUT2D eigenvalue weighted by Gasteiger charge is -2.02. The first-order valence-corrected chi connectivity index (χ1v) is 6.43. The molecule has 88 valence electrons. The predicted molar refractivity (Wildman–Crippen MR) is 70.8 cm³/mol. The van der Waals surface area contributed by atoms with Crippen molar-refractivity contribution in [2.45, 2.75) is 12.8 Å². The standard InChI is InChI=1S/C12H11ClN2OS/c1-8-7-14-12(17-8)15-11(16)10-4-2-9(6-13)3-5-10/h2-5,7H,6H2,1H3,(H,14,15,16). The van der Waals surface area contributed by atoms with Crippen LogP contribution in [-0.4, -0.2) is 10.9 Å². The van der Waals surface area contributed by atoms with Crippen LogP contribution in [0.5, 0.6) is 0 Å². The summed E-state index contributed by atoms with van der Waals surface area (Å²) in [5, 5.41) is 3.37. The van der Waals surface area contributed by atoms with Crippen LogP contribution in [0.3, 0.4) is 0 Å². The number of nitrogens with one attached hydrogen (secondary N) is 1. The summed E-state index contributed by atoms with van der Waals surface area (Å²) in [7, 11) is 0. The third kappa shape index (κ3) is 3.05. The Morgan fingerprint density at radius 3 is 2.65 bits per heavy atom. The summed E-state index contributed by atoms with van der Waals surface area (Å²) in [4.78, 5) is 17.0. The monoisotopic (exact) mass is 266 g/mol. The normalized spacial score (nSPS) is 10.2. The number of halogens is 1. The van der Waals surface area contributed by atoms with Crippen molar-refractivity contribution in [2.75, 3.05) is 5.32 Å². The van der Waals surface area contributed by atoms with Gasteiger partial charge in [0.05, 0.1) is 0 Å². The first-order chi connectivity index (χ1) is 8.19. The number of anilines is 1. The fourth-order valence-electron chi connectivity index (χ4n) is 1.33. The number of benzene rings is 1. The molecule has 1 amide bonds. The van der Waals surface area contributed by atoms with E-state index < -0.39 is 0 Å². The Morgan fingerprint density at radius 1 is 1.41 bits per heavy atom. The Hall–Kier alpha value is -1.39. The summed E-state index contributed by atoms with van der Waals surface area (Å²) in [5.74, 6) is 0.300. The van der Waals surface area contributed by atoms with Crippen molar-refractivity contribution in [1.82, 2.24) is 4.98 Å². The van der Waals surface area contributed by atoms with Crippen molar-refractivity contribution in [2.24, 2.45) is 0 Å². The summed E-state index contributed by atoms with van der Waals surface area (Å²) in [6, 6.07) is 7.20. The largest absolute Gasteiger partial charge is 0.298 e. The van der Waals surface area contributed by atoms with Crippen LogP contribution in [-0.2, 0) is 5.88 Å². The number of nitrogens with zero attached hydrogens (tertiary/aromatic N) is 1. The summed E-state index contributed by atoms with van der Waals surface area (Å²) in [6.07, 6.45) is 1.73. The fourth-order valence-corrected chi connectivity index (χ4v) is 2.16. The predicted octanol–water partition coefficient (Wildman–Crippen LogP) is 3.44. The highest BCUT2D eigenvalue weighted by atomic mass is 35.5. The SMILES string of the molecule is Cc1cnc(NC(=O)c2ccc(CCl)cc2)s1. The van der Waals surface area contributed by atoms with E-state index in [1.165, 1.54) is 11.3 Å². The van der Waals surface area contributed by atoms with Gasteiger partial charge in [-0.2, -0.15) is 0 Å². The number of carbonyl (C=O) groups is 1. The van der Waals surface area contributed by atoms with Gasteiger partial charge in [-0.25, -0.2) is 4.98 Å². The average molecular weight is 267 g/mol. The molecule has 17 heavy (non-hydrogen) atoms. The number of hydrogen-bond acceptors (Lipinski definition) is 3. The zero-order valence-electron chi connectivity index (χ0n) is 9.24. The molecular formula is C12H11ClN2OS. The summed E-state index contributed by atoms with van der Waals surface area (Å²) >= 11 is 7.14. The number of rotatable bonds is 3. The molecule has 0 bridgehead atoms. The molecule has 0 saturated heterocycles. The van der Waals surface area contributed by atoms with E-state index in [-0.39, 0.29) is 5.91 Å². The molecule has 1 N–H and O–H groups in total. The molecular weight excluding hydrogens is 256 g/mol. The number of thiazole rings is 1. The van der Waals surface area contributed by atoms with Crippen LogP contribution in [0.25, 0.3) is 0 Å². The van der Waals surface area contributed by atoms with E-state index in [0.717, 1.165) is 10.4 Å². The Bertz CT molecular complexity index is 522. The van der Waals surface area contributed by atoms with Crippen LogP contribution in [0.1, 0.15) is 20.8 Å². The highest BCUT2D eigenvalue weighted by Crippen LogP contribution is 2.17. The number of carbonyl (C=O) groups excluding carboxylic acids is 1. The van der Waals surface area contributed by atoms with Gasteiger partial charge in [0, 0.05) is 22.5 Å². The molecule has 0 radical (unpaired) electrons. The van der Waals surface area contributed by atoms with Crippen molar-refractivity contribution < 1.29 is 4.79 Å². The fraction of sp³-hybridized carbons (Fsp3) is 0.167. The second-order valence-electron chi connectivity index (χ2n) is 3.56. The maximum absolute atomic E-state index is 11.8.